The van der Waals surface area contributed by atoms with E-state index in [0.717, 1.165) is 25.1 Å². The molecule has 150 valence electrons. The van der Waals surface area contributed by atoms with E-state index in [2.05, 4.69) is 24.8 Å². The molecule has 0 radical (unpaired) electrons. The molecular formula is C21H22FN5O2. The maximum Gasteiger partial charge on any atom is 0.251 e. The first kappa shape index (κ1) is 19.2. The number of methoxy groups -OCH3 is 1. The van der Waals surface area contributed by atoms with Gasteiger partial charge in [0.15, 0.2) is 5.82 Å². The lowest BCUT2D eigenvalue weighted by Gasteiger charge is -2.32. The molecule has 1 aliphatic heterocycles. The van der Waals surface area contributed by atoms with E-state index in [1.54, 1.807) is 36.8 Å². The zero-order valence-corrected chi connectivity index (χ0v) is 16.1. The molecule has 1 aliphatic rings. The second-order valence-corrected chi connectivity index (χ2v) is 7.14. The Morgan fingerprint density at radius 1 is 1.31 bits per heavy atom. The molecule has 4 rings (SSSR count). The molecule has 1 fully saturated rings. The molecule has 1 unspecified atom stereocenters. The molecule has 0 spiro atoms. The Morgan fingerprint density at radius 3 is 2.97 bits per heavy atom. The van der Waals surface area contributed by atoms with Gasteiger partial charge < -0.3 is 9.72 Å². The van der Waals surface area contributed by atoms with Crippen molar-refractivity contribution in [3.05, 3.63) is 70.3 Å². The Kier molecular flexibility index (Phi) is 5.62. The van der Waals surface area contributed by atoms with Crippen LogP contribution in [0.1, 0.15) is 30.0 Å². The third kappa shape index (κ3) is 4.48. The van der Waals surface area contributed by atoms with Crippen LogP contribution < -0.4 is 10.3 Å². The minimum Gasteiger partial charge on any atom is -0.497 e. The van der Waals surface area contributed by atoms with Crippen LogP contribution in [0.5, 0.6) is 5.75 Å². The number of aromatic nitrogens is 4. The minimum atomic E-state index is -0.273. The van der Waals surface area contributed by atoms with Gasteiger partial charge in [0.2, 0.25) is 0 Å². The maximum absolute atomic E-state index is 14.3. The first-order valence-corrected chi connectivity index (χ1v) is 9.55. The van der Waals surface area contributed by atoms with Gasteiger partial charge in [0.25, 0.3) is 5.56 Å². The topological polar surface area (TPSA) is 84.0 Å². The highest BCUT2D eigenvalue weighted by Crippen LogP contribution is 2.27. The number of aromatic amines is 1. The van der Waals surface area contributed by atoms with Gasteiger partial charge in [-0.05, 0) is 25.5 Å². The SMILES string of the molecule is COc1ccc(CN2CCCC(c3cc(=O)[nH]c(-c4cnccn4)n3)C2)c(F)c1. The summed E-state index contributed by atoms with van der Waals surface area (Å²) in [7, 11) is 1.52. The van der Waals surface area contributed by atoms with Crippen LogP contribution in [-0.2, 0) is 6.54 Å². The van der Waals surface area contributed by atoms with Crippen LogP contribution in [0.3, 0.4) is 0 Å². The Bertz CT molecular complexity index is 1040. The van der Waals surface area contributed by atoms with Crippen molar-refractivity contribution < 1.29 is 9.13 Å². The van der Waals surface area contributed by atoms with Gasteiger partial charge in [0, 0.05) is 49.1 Å². The Balaban J connectivity index is 1.53. The van der Waals surface area contributed by atoms with Crippen molar-refractivity contribution in [2.75, 3.05) is 20.2 Å². The molecule has 29 heavy (non-hydrogen) atoms. The van der Waals surface area contributed by atoms with E-state index in [-0.39, 0.29) is 17.3 Å². The summed E-state index contributed by atoms with van der Waals surface area (Å²) in [5.74, 6) is 0.749. The van der Waals surface area contributed by atoms with Gasteiger partial charge in [0.1, 0.15) is 17.3 Å². The van der Waals surface area contributed by atoms with E-state index >= 15 is 0 Å². The van der Waals surface area contributed by atoms with Crippen molar-refractivity contribution in [1.29, 1.82) is 0 Å². The van der Waals surface area contributed by atoms with E-state index < -0.39 is 0 Å². The van der Waals surface area contributed by atoms with Gasteiger partial charge in [-0.1, -0.05) is 6.07 Å². The highest BCUT2D eigenvalue weighted by Gasteiger charge is 2.24. The van der Waals surface area contributed by atoms with Crippen LogP contribution in [0.15, 0.2) is 47.7 Å². The lowest BCUT2D eigenvalue weighted by atomic mass is 9.94. The molecule has 0 bridgehead atoms. The predicted molar refractivity (Wildman–Crippen MR) is 106 cm³/mol. The zero-order valence-electron chi connectivity index (χ0n) is 16.1. The maximum atomic E-state index is 14.3. The number of hydrogen-bond donors (Lipinski definition) is 1. The van der Waals surface area contributed by atoms with Crippen molar-refractivity contribution in [3.63, 3.8) is 0 Å². The number of hydrogen-bond acceptors (Lipinski definition) is 6. The molecule has 1 aromatic carbocycles. The number of halogens is 1. The second kappa shape index (κ2) is 8.48. The van der Waals surface area contributed by atoms with E-state index in [4.69, 9.17) is 4.74 Å². The summed E-state index contributed by atoms with van der Waals surface area (Å²) in [6.07, 6.45) is 6.59. The third-order valence-corrected chi connectivity index (χ3v) is 5.15. The third-order valence-electron chi connectivity index (χ3n) is 5.15. The van der Waals surface area contributed by atoms with Crippen molar-refractivity contribution in [2.24, 2.45) is 0 Å². The number of benzene rings is 1. The van der Waals surface area contributed by atoms with Crippen molar-refractivity contribution in [2.45, 2.75) is 25.3 Å². The first-order chi connectivity index (χ1) is 14.1. The van der Waals surface area contributed by atoms with Crippen molar-refractivity contribution in [3.8, 4) is 17.3 Å². The number of nitrogens with zero attached hydrogens (tertiary/aromatic N) is 4. The summed E-state index contributed by atoms with van der Waals surface area (Å²) >= 11 is 0. The number of ether oxygens (including phenoxy) is 1. The fourth-order valence-electron chi connectivity index (χ4n) is 3.69. The average molecular weight is 395 g/mol. The Labute approximate surface area is 167 Å². The summed E-state index contributed by atoms with van der Waals surface area (Å²) < 4.78 is 19.4. The van der Waals surface area contributed by atoms with Crippen LogP contribution in [0.25, 0.3) is 11.5 Å². The summed E-state index contributed by atoms with van der Waals surface area (Å²) in [6.45, 7) is 2.09. The minimum absolute atomic E-state index is 0.0998. The average Bonchev–Trinajstić information content (AvgIpc) is 2.75. The number of rotatable bonds is 5. The van der Waals surface area contributed by atoms with Crippen LogP contribution in [0, 0.1) is 5.82 Å². The van der Waals surface area contributed by atoms with Crippen LogP contribution >= 0.6 is 0 Å². The predicted octanol–water partition coefficient (Wildman–Crippen LogP) is 2.75. The van der Waals surface area contributed by atoms with Gasteiger partial charge >= 0.3 is 0 Å². The summed E-state index contributed by atoms with van der Waals surface area (Å²) in [5.41, 5.74) is 1.67. The molecule has 1 saturated heterocycles. The molecule has 1 N–H and O–H groups in total. The molecule has 8 heteroatoms. The van der Waals surface area contributed by atoms with Crippen molar-refractivity contribution in [1.82, 2.24) is 24.8 Å². The van der Waals surface area contributed by atoms with Crippen molar-refractivity contribution >= 4 is 0 Å². The molecule has 2 aromatic heterocycles. The van der Waals surface area contributed by atoms with Gasteiger partial charge in [-0.15, -0.1) is 0 Å². The van der Waals surface area contributed by atoms with E-state index in [1.807, 2.05) is 0 Å². The molecule has 3 aromatic rings. The fourth-order valence-corrected chi connectivity index (χ4v) is 3.69. The van der Waals surface area contributed by atoms with Crippen LogP contribution in [0.4, 0.5) is 4.39 Å². The van der Waals surface area contributed by atoms with E-state index in [1.165, 1.54) is 13.2 Å². The standard InChI is InChI=1S/C21H22FN5O2/c1-29-16-5-4-14(17(22)9-16)12-27-8-2-3-15(13-27)18-10-20(28)26-21(25-18)19-11-23-6-7-24-19/h4-7,9-11,15H,2-3,8,12-13H2,1H3,(H,25,26,28). The Morgan fingerprint density at radius 2 is 2.21 bits per heavy atom. The molecule has 0 amide bonds. The molecule has 1 atom stereocenters. The molecule has 7 nitrogen and oxygen atoms in total. The number of likely N-dealkylation sites (tertiary alicyclic amines) is 1. The summed E-state index contributed by atoms with van der Waals surface area (Å²) in [5, 5.41) is 0. The van der Waals surface area contributed by atoms with Gasteiger partial charge in [-0.25, -0.2) is 14.4 Å². The lowest BCUT2D eigenvalue weighted by Crippen LogP contribution is -2.35. The molecule has 0 saturated carbocycles. The van der Waals surface area contributed by atoms with E-state index in [0.29, 0.717) is 35.9 Å². The zero-order chi connectivity index (χ0) is 20.2. The quantitative estimate of drug-likeness (QED) is 0.715. The largest absolute Gasteiger partial charge is 0.497 e. The highest BCUT2D eigenvalue weighted by molar-refractivity contribution is 5.46. The number of piperidine rings is 1. The number of H-pyrrole nitrogens is 1. The molecular weight excluding hydrogens is 373 g/mol. The Hall–Kier alpha value is -3.13. The van der Waals surface area contributed by atoms with Gasteiger partial charge in [-0.2, -0.15) is 0 Å². The lowest BCUT2D eigenvalue weighted by molar-refractivity contribution is 0.196. The van der Waals surface area contributed by atoms with Gasteiger partial charge in [0.05, 0.1) is 19.0 Å². The molecule has 3 heterocycles. The fraction of sp³-hybridized carbons (Fsp3) is 0.333. The normalized spacial score (nSPS) is 17.2. The smallest absolute Gasteiger partial charge is 0.251 e. The van der Waals surface area contributed by atoms with Crippen LogP contribution in [-0.4, -0.2) is 45.0 Å². The molecule has 0 aliphatic carbocycles. The van der Waals surface area contributed by atoms with Crippen LogP contribution in [0.2, 0.25) is 0 Å². The summed E-state index contributed by atoms with van der Waals surface area (Å²) in [6, 6.07) is 6.48. The monoisotopic (exact) mass is 395 g/mol. The number of nitrogens with one attached hydrogen (secondary N) is 1. The highest BCUT2D eigenvalue weighted by atomic mass is 19.1. The summed E-state index contributed by atoms with van der Waals surface area (Å²) in [4.78, 5) is 30.0. The van der Waals surface area contributed by atoms with E-state index in [9.17, 15) is 9.18 Å². The first-order valence-electron chi connectivity index (χ1n) is 9.55. The second-order valence-electron chi connectivity index (χ2n) is 7.14. The van der Waals surface area contributed by atoms with Gasteiger partial charge in [-0.3, -0.25) is 14.7 Å².